The van der Waals surface area contributed by atoms with Crippen LogP contribution in [0.25, 0.3) is 0 Å². The highest BCUT2D eigenvalue weighted by Crippen LogP contribution is 2.04. The first-order valence-electron chi connectivity index (χ1n) is 4.39. The van der Waals surface area contributed by atoms with E-state index in [4.69, 9.17) is 5.11 Å². The molecule has 4 heteroatoms. The fourth-order valence-electron chi connectivity index (χ4n) is 1.20. The van der Waals surface area contributed by atoms with Crippen LogP contribution in [0.1, 0.15) is 20.3 Å². The Kier molecular flexibility index (Phi) is 3.64. The molecule has 2 N–H and O–H groups in total. The lowest BCUT2D eigenvalue weighted by atomic mass is 10.1. The monoisotopic (exact) mass is 181 g/mol. The smallest absolute Gasteiger partial charge is 0.144 e. The second kappa shape index (κ2) is 4.77. The Hall–Kier alpha value is -1.16. The van der Waals surface area contributed by atoms with Crippen LogP contribution < -0.4 is 5.32 Å². The zero-order chi connectivity index (χ0) is 9.68. The molecule has 1 aromatic rings. The Balaban J connectivity index is 2.41. The van der Waals surface area contributed by atoms with E-state index in [1.165, 1.54) is 0 Å². The molecule has 0 spiro atoms. The van der Waals surface area contributed by atoms with Crippen molar-refractivity contribution in [1.29, 1.82) is 0 Å². The maximum absolute atomic E-state index is 9.12. The summed E-state index contributed by atoms with van der Waals surface area (Å²) in [6, 6.07) is 0.205. The minimum Gasteiger partial charge on any atom is -0.393 e. The van der Waals surface area contributed by atoms with Gasteiger partial charge >= 0.3 is 0 Å². The average Bonchev–Trinajstić information content (AvgIpc) is 2.04. The molecule has 1 rings (SSSR count). The predicted octanol–water partition coefficient (Wildman–Crippen LogP) is 1.05. The summed E-state index contributed by atoms with van der Waals surface area (Å²) in [6.45, 7) is 3.77. The Morgan fingerprint density at radius 3 is 2.77 bits per heavy atom. The Bertz CT molecular complexity index is 238. The van der Waals surface area contributed by atoms with Gasteiger partial charge in [0.25, 0.3) is 0 Å². The standard InChI is InChI=1S/C9H15N3O/c1-7(5-8(2)13)12-9-6-10-3-4-11-9/h3-4,6-8,13H,5H2,1-2H3,(H,11,12). The number of hydrogen-bond acceptors (Lipinski definition) is 4. The van der Waals surface area contributed by atoms with Crippen molar-refractivity contribution in [2.45, 2.75) is 32.4 Å². The Labute approximate surface area is 78.0 Å². The molecular formula is C9H15N3O. The van der Waals surface area contributed by atoms with E-state index in [2.05, 4.69) is 15.3 Å². The zero-order valence-electron chi connectivity index (χ0n) is 7.94. The number of rotatable bonds is 4. The van der Waals surface area contributed by atoms with Crippen molar-refractivity contribution in [3.8, 4) is 0 Å². The summed E-state index contributed by atoms with van der Waals surface area (Å²) in [4.78, 5) is 8.00. The van der Waals surface area contributed by atoms with E-state index in [9.17, 15) is 0 Å². The van der Waals surface area contributed by atoms with E-state index in [-0.39, 0.29) is 12.1 Å². The summed E-state index contributed by atoms with van der Waals surface area (Å²) in [6.07, 6.45) is 5.34. The van der Waals surface area contributed by atoms with Crippen LogP contribution in [-0.2, 0) is 0 Å². The molecular weight excluding hydrogens is 166 g/mol. The van der Waals surface area contributed by atoms with Gasteiger partial charge in [-0.2, -0.15) is 0 Å². The average molecular weight is 181 g/mol. The highest BCUT2D eigenvalue weighted by atomic mass is 16.3. The molecule has 2 atom stereocenters. The molecule has 0 bridgehead atoms. The van der Waals surface area contributed by atoms with Crippen molar-refractivity contribution in [3.63, 3.8) is 0 Å². The first-order chi connectivity index (χ1) is 6.18. The van der Waals surface area contributed by atoms with Gasteiger partial charge in [-0.3, -0.25) is 4.98 Å². The van der Waals surface area contributed by atoms with Gasteiger partial charge in [0.2, 0.25) is 0 Å². The quantitative estimate of drug-likeness (QED) is 0.729. The third-order valence-electron chi connectivity index (χ3n) is 1.65. The number of aliphatic hydroxyl groups is 1. The summed E-state index contributed by atoms with van der Waals surface area (Å²) < 4.78 is 0. The maximum atomic E-state index is 9.12. The molecule has 0 aliphatic carbocycles. The van der Waals surface area contributed by atoms with Crippen LogP contribution in [-0.4, -0.2) is 27.2 Å². The lowest BCUT2D eigenvalue weighted by molar-refractivity contribution is 0.179. The Morgan fingerprint density at radius 2 is 2.23 bits per heavy atom. The van der Waals surface area contributed by atoms with Gasteiger partial charge in [0.15, 0.2) is 0 Å². The van der Waals surface area contributed by atoms with E-state index in [0.29, 0.717) is 6.42 Å². The lowest BCUT2D eigenvalue weighted by Crippen LogP contribution is -2.21. The molecule has 2 unspecified atom stereocenters. The van der Waals surface area contributed by atoms with Crippen LogP contribution >= 0.6 is 0 Å². The van der Waals surface area contributed by atoms with Gasteiger partial charge < -0.3 is 10.4 Å². The zero-order valence-corrected chi connectivity index (χ0v) is 7.94. The molecule has 1 aromatic heterocycles. The number of aromatic nitrogens is 2. The van der Waals surface area contributed by atoms with Crippen LogP contribution in [0.5, 0.6) is 0 Å². The molecule has 4 nitrogen and oxygen atoms in total. The number of nitrogens with one attached hydrogen (secondary N) is 1. The highest BCUT2D eigenvalue weighted by molar-refractivity contribution is 5.30. The van der Waals surface area contributed by atoms with Crippen molar-refractivity contribution >= 4 is 5.82 Å². The van der Waals surface area contributed by atoms with Gasteiger partial charge in [0.05, 0.1) is 12.3 Å². The Morgan fingerprint density at radius 1 is 1.46 bits per heavy atom. The number of nitrogens with zero attached hydrogens (tertiary/aromatic N) is 2. The second-order valence-corrected chi connectivity index (χ2v) is 3.22. The first kappa shape index (κ1) is 9.92. The van der Waals surface area contributed by atoms with E-state index < -0.39 is 0 Å². The van der Waals surface area contributed by atoms with Gasteiger partial charge in [-0.25, -0.2) is 4.98 Å². The van der Waals surface area contributed by atoms with Gasteiger partial charge in [-0.1, -0.05) is 0 Å². The molecule has 0 aliphatic heterocycles. The van der Waals surface area contributed by atoms with Gasteiger partial charge in [0, 0.05) is 18.4 Å². The molecule has 0 fully saturated rings. The topological polar surface area (TPSA) is 58.0 Å². The molecule has 72 valence electrons. The summed E-state index contributed by atoms with van der Waals surface area (Å²) >= 11 is 0. The van der Waals surface area contributed by atoms with Crippen LogP contribution in [0.15, 0.2) is 18.6 Å². The van der Waals surface area contributed by atoms with Gasteiger partial charge in [-0.05, 0) is 20.3 Å². The summed E-state index contributed by atoms with van der Waals surface area (Å²) in [5.74, 6) is 0.746. The summed E-state index contributed by atoms with van der Waals surface area (Å²) in [5, 5.41) is 12.3. The fraction of sp³-hybridized carbons (Fsp3) is 0.556. The minimum atomic E-state index is -0.292. The molecule has 1 heterocycles. The first-order valence-corrected chi connectivity index (χ1v) is 4.39. The molecule has 13 heavy (non-hydrogen) atoms. The van der Waals surface area contributed by atoms with Crippen molar-refractivity contribution in [2.24, 2.45) is 0 Å². The molecule has 0 radical (unpaired) electrons. The van der Waals surface area contributed by atoms with E-state index in [1.807, 2.05) is 6.92 Å². The van der Waals surface area contributed by atoms with Crippen LogP contribution in [0.2, 0.25) is 0 Å². The van der Waals surface area contributed by atoms with Crippen molar-refractivity contribution < 1.29 is 5.11 Å². The second-order valence-electron chi connectivity index (χ2n) is 3.22. The number of anilines is 1. The lowest BCUT2D eigenvalue weighted by Gasteiger charge is -2.15. The molecule has 0 aliphatic rings. The predicted molar refractivity (Wildman–Crippen MR) is 51.4 cm³/mol. The number of hydrogen-bond donors (Lipinski definition) is 2. The summed E-state index contributed by atoms with van der Waals surface area (Å²) in [5.41, 5.74) is 0. The van der Waals surface area contributed by atoms with Crippen LogP contribution in [0.3, 0.4) is 0 Å². The number of aliphatic hydroxyl groups excluding tert-OH is 1. The largest absolute Gasteiger partial charge is 0.393 e. The molecule has 0 saturated heterocycles. The van der Waals surface area contributed by atoms with Gasteiger partial charge in [0.1, 0.15) is 5.82 Å². The molecule has 0 amide bonds. The summed E-state index contributed by atoms with van der Waals surface area (Å²) in [7, 11) is 0. The van der Waals surface area contributed by atoms with Crippen molar-refractivity contribution in [1.82, 2.24) is 9.97 Å². The van der Waals surface area contributed by atoms with E-state index in [1.54, 1.807) is 25.5 Å². The van der Waals surface area contributed by atoms with E-state index in [0.717, 1.165) is 5.82 Å². The molecule has 0 aromatic carbocycles. The fourth-order valence-corrected chi connectivity index (χ4v) is 1.20. The third kappa shape index (κ3) is 3.85. The maximum Gasteiger partial charge on any atom is 0.144 e. The third-order valence-corrected chi connectivity index (χ3v) is 1.65. The van der Waals surface area contributed by atoms with E-state index >= 15 is 0 Å². The highest BCUT2D eigenvalue weighted by Gasteiger charge is 2.05. The SMILES string of the molecule is CC(O)CC(C)Nc1cnccn1. The normalized spacial score (nSPS) is 15.0. The van der Waals surface area contributed by atoms with Crippen LogP contribution in [0, 0.1) is 0 Å². The van der Waals surface area contributed by atoms with Crippen LogP contribution in [0.4, 0.5) is 5.82 Å². The minimum absolute atomic E-state index is 0.205. The van der Waals surface area contributed by atoms with Gasteiger partial charge in [-0.15, -0.1) is 0 Å². The van der Waals surface area contributed by atoms with Crippen molar-refractivity contribution in [2.75, 3.05) is 5.32 Å². The molecule has 0 saturated carbocycles. The van der Waals surface area contributed by atoms with Crippen molar-refractivity contribution in [3.05, 3.63) is 18.6 Å².